The zero-order valence-electron chi connectivity index (χ0n) is 18.4. The zero-order valence-corrected chi connectivity index (χ0v) is 18.4. The predicted molar refractivity (Wildman–Crippen MR) is 120 cm³/mol. The summed E-state index contributed by atoms with van der Waals surface area (Å²) in [7, 11) is 0. The number of carbonyl (C=O) groups is 2. The third kappa shape index (κ3) is 6.82. The quantitative estimate of drug-likeness (QED) is 0.538. The summed E-state index contributed by atoms with van der Waals surface area (Å²) >= 11 is 0. The first-order valence-electron chi connectivity index (χ1n) is 11.0. The third-order valence-corrected chi connectivity index (χ3v) is 5.66. The average molecular weight is 425 g/mol. The second-order valence-electron chi connectivity index (χ2n) is 7.96. The molecule has 3 rings (SSSR count). The van der Waals surface area contributed by atoms with Gasteiger partial charge in [-0.2, -0.15) is 0 Å². The van der Waals surface area contributed by atoms with Gasteiger partial charge in [0, 0.05) is 25.3 Å². The van der Waals surface area contributed by atoms with Crippen LogP contribution in [0.1, 0.15) is 44.4 Å². The molecule has 1 aromatic heterocycles. The molecule has 1 aromatic carbocycles. The highest BCUT2D eigenvalue weighted by Gasteiger charge is 2.27. The molecule has 6 nitrogen and oxygen atoms in total. The Balaban J connectivity index is 1.71. The highest BCUT2D eigenvalue weighted by molar-refractivity contribution is 5.94. The molecular weight excluding hydrogens is 392 g/mol. The van der Waals surface area contributed by atoms with Gasteiger partial charge in [0.1, 0.15) is 12.3 Å². The molecule has 1 aliphatic rings. The van der Waals surface area contributed by atoms with Crippen molar-refractivity contribution < 1.29 is 18.7 Å². The van der Waals surface area contributed by atoms with Crippen molar-refractivity contribution in [3.05, 3.63) is 66.1 Å². The van der Waals surface area contributed by atoms with Gasteiger partial charge in [-0.05, 0) is 50.0 Å². The van der Waals surface area contributed by atoms with Crippen molar-refractivity contribution in [3.8, 4) is 0 Å². The van der Waals surface area contributed by atoms with Gasteiger partial charge in [0.05, 0.1) is 18.9 Å². The lowest BCUT2D eigenvalue weighted by atomic mass is 10.1. The Kier molecular flexibility index (Phi) is 8.47. The van der Waals surface area contributed by atoms with E-state index in [2.05, 4.69) is 0 Å². The minimum absolute atomic E-state index is 0.0282. The molecule has 2 aromatic rings. The predicted octanol–water partition coefficient (Wildman–Crippen LogP) is 4.13. The second-order valence-corrected chi connectivity index (χ2v) is 7.96. The SMILES string of the molecule is CCC(C)N(CC(=O)N(Cc1ccco1)CC1CCCO1)C(=O)C=Cc1ccccc1. The van der Waals surface area contributed by atoms with Crippen LogP contribution in [0.2, 0.25) is 0 Å². The summed E-state index contributed by atoms with van der Waals surface area (Å²) in [5, 5.41) is 0. The summed E-state index contributed by atoms with van der Waals surface area (Å²) in [4.78, 5) is 29.6. The number of nitrogens with zero attached hydrogens (tertiary/aromatic N) is 2. The molecule has 31 heavy (non-hydrogen) atoms. The maximum absolute atomic E-state index is 13.3. The Hall–Kier alpha value is -2.86. The average Bonchev–Trinajstić information content (AvgIpc) is 3.50. The van der Waals surface area contributed by atoms with E-state index in [0.29, 0.717) is 13.1 Å². The fourth-order valence-corrected chi connectivity index (χ4v) is 3.62. The lowest BCUT2D eigenvalue weighted by Gasteiger charge is -2.31. The van der Waals surface area contributed by atoms with Crippen molar-refractivity contribution in [1.82, 2.24) is 9.80 Å². The molecule has 2 amide bonds. The van der Waals surface area contributed by atoms with Crippen LogP contribution in [0.25, 0.3) is 6.08 Å². The molecule has 1 saturated heterocycles. The van der Waals surface area contributed by atoms with E-state index < -0.39 is 0 Å². The summed E-state index contributed by atoms with van der Waals surface area (Å²) in [6.07, 6.45) is 7.69. The number of furan rings is 1. The van der Waals surface area contributed by atoms with E-state index in [1.807, 2.05) is 56.3 Å². The molecule has 0 aliphatic carbocycles. The normalized spacial score (nSPS) is 17.0. The maximum Gasteiger partial charge on any atom is 0.247 e. The summed E-state index contributed by atoms with van der Waals surface area (Å²) in [6.45, 7) is 5.62. The van der Waals surface area contributed by atoms with Crippen molar-refractivity contribution in [2.75, 3.05) is 19.7 Å². The third-order valence-electron chi connectivity index (χ3n) is 5.66. The standard InChI is InChI=1S/C25H32N2O4/c1-3-20(2)27(24(28)14-13-21-9-5-4-6-10-21)19-25(29)26(17-22-11-7-15-30-22)18-23-12-8-16-31-23/h4-7,9-11,13-15,20,23H,3,8,12,16-19H2,1-2H3. The molecule has 0 radical (unpaired) electrons. The molecule has 2 unspecified atom stereocenters. The van der Waals surface area contributed by atoms with Crippen molar-refractivity contribution >= 4 is 17.9 Å². The lowest BCUT2D eigenvalue weighted by Crippen LogP contribution is -2.47. The van der Waals surface area contributed by atoms with Crippen molar-refractivity contribution in [3.63, 3.8) is 0 Å². The van der Waals surface area contributed by atoms with E-state index in [1.165, 1.54) is 0 Å². The van der Waals surface area contributed by atoms with Gasteiger partial charge in [-0.3, -0.25) is 9.59 Å². The molecule has 0 spiro atoms. The lowest BCUT2D eigenvalue weighted by molar-refractivity contribution is -0.141. The summed E-state index contributed by atoms with van der Waals surface area (Å²) in [5.41, 5.74) is 0.948. The molecular formula is C25H32N2O4. The first-order valence-corrected chi connectivity index (χ1v) is 11.0. The van der Waals surface area contributed by atoms with Crippen molar-refractivity contribution in [2.24, 2.45) is 0 Å². The molecule has 0 bridgehead atoms. The van der Waals surface area contributed by atoms with Gasteiger partial charge in [-0.25, -0.2) is 0 Å². The highest BCUT2D eigenvalue weighted by atomic mass is 16.5. The minimum atomic E-state index is -0.165. The summed E-state index contributed by atoms with van der Waals surface area (Å²) in [6, 6.07) is 13.3. The topological polar surface area (TPSA) is 63.0 Å². The van der Waals surface area contributed by atoms with Crippen LogP contribution in [0.3, 0.4) is 0 Å². The van der Waals surface area contributed by atoms with Gasteiger partial charge in [0.15, 0.2) is 0 Å². The number of benzene rings is 1. The molecule has 0 saturated carbocycles. The van der Waals surface area contributed by atoms with Gasteiger partial charge < -0.3 is 19.0 Å². The molecule has 1 aliphatic heterocycles. The maximum atomic E-state index is 13.3. The second kappa shape index (κ2) is 11.5. The monoisotopic (exact) mass is 424 g/mol. The van der Waals surface area contributed by atoms with Gasteiger partial charge in [-0.1, -0.05) is 37.3 Å². The number of amides is 2. The van der Waals surface area contributed by atoms with Crippen LogP contribution >= 0.6 is 0 Å². The molecule has 2 atom stereocenters. The number of hydrogen-bond acceptors (Lipinski definition) is 4. The number of ether oxygens (including phenoxy) is 1. The molecule has 1 fully saturated rings. The van der Waals surface area contributed by atoms with Crippen LogP contribution in [0.15, 0.2) is 59.2 Å². The summed E-state index contributed by atoms with van der Waals surface area (Å²) < 4.78 is 11.2. The van der Waals surface area contributed by atoms with Crippen molar-refractivity contribution in [1.29, 1.82) is 0 Å². The van der Waals surface area contributed by atoms with Gasteiger partial charge >= 0.3 is 0 Å². The van der Waals surface area contributed by atoms with Gasteiger partial charge in [0.25, 0.3) is 0 Å². The number of rotatable bonds is 10. The fraction of sp³-hybridized carbons (Fsp3) is 0.440. The van der Waals surface area contributed by atoms with Gasteiger partial charge in [0.2, 0.25) is 11.8 Å². The number of hydrogen-bond donors (Lipinski definition) is 0. The molecule has 0 N–H and O–H groups in total. The van der Waals surface area contributed by atoms with Crippen molar-refractivity contribution in [2.45, 2.75) is 51.8 Å². The number of carbonyl (C=O) groups excluding carboxylic acids is 2. The first kappa shape index (κ1) is 22.8. The Bertz CT molecular complexity index is 842. The highest BCUT2D eigenvalue weighted by Crippen LogP contribution is 2.17. The zero-order chi connectivity index (χ0) is 22.1. The Morgan fingerprint density at radius 1 is 1.19 bits per heavy atom. The summed E-state index contributed by atoms with van der Waals surface area (Å²) in [5.74, 6) is 0.451. The Morgan fingerprint density at radius 3 is 2.65 bits per heavy atom. The van der Waals surface area contributed by atoms with E-state index in [0.717, 1.165) is 37.2 Å². The first-order chi connectivity index (χ1) is 15.1. The minimum Gasteiger partial charge on any atom is -0.467 e. The van der Waals surface area contributed by atoms with Crippen LogP contribution in [0, 0.1) is 0 Å². The van der Waals surface area contributed by atoms with Crippen LogP contribution in [0.5, 0.6) is 0 Å². The van der Waals surface area contributed by atoms with E-state index in [-0.39, 0.29) is 30.5 Å². The van der Waals surface area contributed by atoms with E-state index in [1.54, 1.807) is 28.2 Å². The smallest absolute Gasteiger partial charge is 0.247 e. The molecule has 166 valence electrons. The van der Waals surface area contributed by atoms with Crippen LogP contribution < -0.4 is 0 Å². The molecule has 6 heteroatoms. The fourth-order valence-electron chi connectivity index (χ4n) is 3.62. The molecule has 2 heterocycles. The van der Waals surface area contributed by atoms with E-state index in [9.17, 15) is 9.59 Å². The van der Waals surface area contributed by atoms with E-state index in [4.69, 9.17) is 9.15 Å². The van der Waals surface area contributed by atoms with E-state index >= 15 is 0 Å². The van der Waals surface area contributed by atoms with Crippen LogP contribution in [-0.2, 0) is 20.9 Å². The van der Waals surface area contributed by atoms with Gasteiger partial charge in [-0.15, -0.1) is 0 Å². The Morgan fingerprint density at radius 2 is 2.00 bits per heavy atom. The largest absolute Gasteiger partial charge is 0.467 e. The van der Waals surface area contributed by atoms with Crippen LogP contribution in [-0.4, -0.2) is 53.5 Å². The Labute approximate surface area is 184 Å². The van der Waals surface area contributed by atoms with Crippen LogP contribution in [0.4, 0.5) is 0 Å².